The summed E-state index contributed by atoms with van der Waals surface area (Å²) in [7, 11) is -1.04. The van der Waals surface area contributed by atoms with E-state index in [4.69, 9.17) is 0 Å². The highest BCUT2D eigenvalue weighted by atomic mass is 32.3. The topological polar surface area (TPSA) is 62.5 Å². The summed E-state index contributed by atoms with van der Waals surface area (Å²) in [5, 5.41) is 1.51. The molecule has 2 aromatic carbocycles. The van der Waals surface area contributed by atoms with Crippen molar-refractivity contribution in [2.24, 2.45) is 7.05 Å². The number of aryl methyl sites for hydroxylation is 1. The van der Waals surface area contributed by atoms with Crippen molar-refractivity contribution in [1.82, 2.24) is 4.57 Å². The van der Waals surface area contributed by atoms with E-state index >= 15 is 0 Å². The molecule has 0 unspecified atom stereocenters. The van der Waals surface area contributed by atoms with Gasteiger partial charge in [0, 0.05) is 29.9 Å². The van der Waals surface area contributed by atoms with Gasteiger partial charge >= 0.3 is 0 Å². The summed E-state index contributed by atoms with van der Waals surface area (Å²) in [6.07, 6.45) is 1.79. The van der Waals surface area contributed by atoms with Gasteiger partial charge in [0.25, 0.3) is 5.56 Å². The summed E-state index contributed by atoms with van der Waals surface area (Å²) < 4.78 is 21.9. The molecule has 0 spiro atoms. The average molecular weight is 329 g/mol. The van der Waals surface area contributed by atoms with E-state index < -0.39 is 10.6 Å². The Bertz CT molecular complexity index is 931. The number of aromatic nitrogens is 1. The Balaban J connectivity index is 2.28. The third kappa shape index (κ3) is 2.79. The van der Waals surface area contributed by atoms with Crippen molar-refractivity contribution in [3.63, 3.8) is 0 Å². The average Bonchev–Trinajstić information content (AvgIpc) is 2.58. The standard InChI is InChI=1S/C18H19NO3S/c1-3-23(21,22)14-8-6-7-13(11-14)17-12-19(2)18(20)16-10-5-4-9-15(16)17/h4-12,21-22H,3H2,1-2H3. The number of rotatable bonds is 3. The van der Waals surface area contributed by atoms with Crippen LogP contribution in [-0.2, 0) is 7.05 Å². The minimum atomic E-state index is -2.77. The molecule has 0 fully saturated rings. The Kier molecular flexibility index (Phi) is 4.02. The quantitative estimate of drug-likeness (QED) is 0.751. The summed E-state index contributed by atoms with van der Waals surface area (Å²) in [4.78, 5) is 12.8. The number of benzene rings is 2. The van der Waals surface area contributed by atoms with Gasteiger partial charge in [-0.25, -0.2) is 0 Å². The number of nitrogens with zero attached hydrogens (tertiary/aromatic N) is 1. The van der Waals surface area contributed by atoms with Crippen molar-refractivity contribution in [3.8, 4) is 11.1 Å². The van der Waals surface area contributed by atoms with E-state index in [0.717, 1.165) is 16.5 Å². The van der Waals surface area contributed by atoms with Crippen LogP contribution in [0.2, 0.25) is 0 Å². The second-order valence-corrected chi connectivity index (χ2v) is 7.87. The van der Waals surface area contributed by atoms with Crippen molar-refractivity contribution in [2.75, 3.05) is 5.75 Å². The van der Waals surface area contributed by atoms with Gasteiger partial charge < -0.3 is 4.57 Å². The number of hydrogen-bond acceptors (Lipinski definition) is 3. The van der Waals surface area contributed by atoms with Crippen LogP contribution in [0.1, 0.15) is 6.92 Å². The lowest BCUT2D eigenvalue weighted by molar-refractivity contribution is 0.488. The number of pyridine rings is 1. The van der Waals surface area contributed by atoms with E-state index in [1.165, 1.54) is 0 Å². The minimum Gasteiger partial charge on any atom is -0.317 e. The number of hydrogen-bond donors (Lipinski definition) is 2. The molecule has 1 aromatic heterocycles. The molecule has 1 heterocycles. The van der Waals surface area contributed by atoms with Gasteiger partial charge in [0.05, 0.1) is 4.90 Å². The lowest BCUT2D eigenvalue weighted by Crippen LogP contribution is -2.16. The maximum Gasteiger partial charge on any atom is 0.258 e. The predicted molar refractivity (Wildman–Crippen MR) is 96.3 cm³/mol. The van der Waals surface area contributed by atoms with Crippen LogP contribution in [0, 0.1) is 0 Å². The van der Waals surface area contributed by atoms with Crippen LogP contribution in [-0.4, -0.2) is 19.4 Å². The predicted octanol–water partition coefficient (Wildman–Crippen LogP) is 4.33. The minimum absolute atomic E-state index is 0.0432. The van der Waals surface area contributed by atoms with E-state index in [-0.39, 0.29) is 11.3 Å². The highest BCUT2D eigenvalue weighted by molar-refractivity contribution is 8.24. The van der Waals surface area contributed by atoms with Crippen molar-refractivity contribution in [2.45, 2.75) is 11.8 Å². The monoisotopic (exact) mass is 329 g/mol. The summed E-state index contributed by atoms with van der Waals surface area (Å²) in [5.41, 5.74) is 1.72. The van der Waals surface area contributed by atoms with Gasteiger partial charge in [-0.3, -0.25) is 13.9 Å². The maximum absolute atomic E-state index is 12.3. The van der Waals surface area contributed by atoms with Gasteiger partial charge in [-0.15, -0.1) is 0 Å². The Labute approximate surface area is 136 Å². The van der Waals surface area contributed by atoms with Gasteiger partial charge in [-0.05, 0) is 36.1 Å². The van der Waals surface area contributed by atoms with Crippen molar-refractivity contribution < 1.29 is 9.11 Å². The lowest BCUT2D eigenvalue weighted by atomic mass is 10.0. The molecule has 0 aliphatic carbocycles. The molecule has 3 rings (SSSR count). The molecular weight excluding hydrogens is 310 g/mol. The van der Waals surface area contributed by atoms with Crippen LogP contribution in [0.4, 0.5) is 0 Å². The summed E-state index contributed by atoms with van der Waals surface area (Å²) >= 11 is 0. The first-order chi connectivity index (χ1) is 10.9. The van der Waals surface area contributed by atoms with E-state index in [2.05, 4.69) is 0 Å². The van der Waals surface area contributed by atoms with E-state index in [1.807, 2.05) is 36.4 Å². The molecule has 0 aliphatic heterocycles. The lowest BCUT2D eigenvalue weighted by Gasteiger charge is -2.31. The fraction of sp³-hybridized carbons (Fsp3) is 0.167. The molecule has 23 heavy (non-hydrogen) atoms. The van der Waals surface area contributed by atoms with Crippen molar-refractivity contribution >= 4 is 21.4 Å². The molecule has 0 radical (unpaired) electrons. The Morgan fingerprint density at radius 2 is 1.74 bits per heavy atom. The highest BCUT2D eigenvalue weighted by Gasteiger charge is 2.15. The zero-order chi connectivity index (χ0) is 16.6. The SMILES string of the molecule is CCS(O)(O)c1cccc(-c2cn(C)c(=O)c3ccccc23)c1. The van der Waals surface area contributed by atoms with Gasteiger partial charge in [0.2, 0.25) is 0 Å². The van der Waals surface area contributed by atoms with Gasteiger partial charge in [-0.1, -0.05) is 30.3 Å². The molecule has 5 heteroatoms. The Morgan fingerprint density at radius 1 is 1.04 bits per heavy atom. The van der Waals surface area contributed by atoms with E-state index in [0.29, 0.717) is 10.3 Å². The fourth-order valence-electron chi connectivity index (χ4n) is 2.68. The van der Waals surface area contributed by atoms with Crippen molar-refractivity contribution in [1.29, 1.82) is 0 Å². The van der Waals surface area contributed by atoms with E-state index in [9.17, 15) is 13.9 Å². The summed E-state index contributed by atoms with van der Waals surface area (Å²) in [6.45, 7) is 1.75. The Morgan fingerprint density at radius 3 is 2.43 bits per heavy atom. The largest absolute Gasteiger partial charge is 0.317 e. The first-order valence-corrected chi connectivity index (χ1v) is 9.10. The second-order valence-electron chi connectivity index (χ2n) is 5.49. The molecule has 0 saturated heterocycles. The highest BCUT2D eigenvalue weighted by Crippen LogP contribution is 2.48. The van der Waals surface area contributed by atoms with Crippen LogP contribution >= 0.6 is 10.6 Å². The molecule has 120 valence electrons. The van der Waals surface area contributed by atoms with Crippen molar-refractivity contribution in [3.05, 3.63) is 65.1 Å². The van der Waals surface area contributed by atoms with Gasteiger partial charge in [0.1, 0.15) is 0 Å². The van der Waals surface area contributed by atoms with Crippen LogP contribution in [0.5, 0.6) is 0 Å². The molecule has 0 saturated carbocycles. The summed E-state index contributed by atoms with van der Waals surface area (Å²) in [6, 6.07) is 14.7. The summed E-state index contributed by atoms with van der Waals surface area (Å²) in [5.74, 6) is 0.282. The molecule has 3 aromatic rings. The van der Waals surface area contributed by atoms with Crippen LogP contribution in [0.3, 0.4) is 0 Å². The molecule has 0 amide bonds. The maximum atomic E-state index is 12.3. The van der Waals surface area contributed by atoms with Gasteiger partial charge in [0.15, 0.2) is 0 Å². The molecule has 4 nitrogen and oxygen atoms in total. The molecular formula is C18H19NO3S. The zero-order valence-electron chi connectivity index (χ0n) is 13.1. The third-order valence-electron chi connectivity index (χ3n) is 4.02. The van der Waals surface area contributed by atoms with Crippen LogP contribution < -0.4 is 5.56 Å². The Hall–Kier alpha value is -2.08. The second kappa shape index (κ2) is 5.85. The molecule has 0 aliphatic rings. The smallest absolute Gasteiger partial charge is 0.258 e. The normalized spacial score (nSPS) is 12.5. The van der Waals surface area contributed by atoms with Gasteiger partial charge in [-0.2, -0.15) is 10.6 Å². The first-order valence-electron chi connectivity index (χ1n) is 7.39. The van der Waals surface area contributed by atoms with Crippen LogP contribution in [0.15, 0.2) is 64.4 Å². The van der Waals surface area contributed by atoms with E-state index in [1.54, 1.807) is 36.9 Å². The first kappa shape index (κ1) is 15.8. The van der Waals surface area contributed by atoms with Crippen LogP contribution in [0.25, 0.3) is 21.9 Å². The zero-order valence-corrected chi connectivity index (χ0v) is 13.9. The number of fused-ring (bicyclic) bond motifs is 1. The molecule has 0 bridgehead atoms. The third-order valence-corrected chi connectivity index (χ3v) is 5.83. The molecule has 2 N–H and O–H groups in total. The molecule has 0 atom stereocenters. The fourth-order valence-corrected chi connectivity index (χ4v) is 3.63.